The van der Waals surface area contributed by atoms with Gasteiger partial charge in [-0.1, -0.05) is 15.9 Å². The number of carboxylic acid groups (broad SMARTS) is 1. The summed E-state index contributed by atoms with van der Waals surface area (Å²) < 4.78 is 38.2. The van der Waals surface area contributed by atoms with Crippen LogP contribution in [0.2, 0.25) is 0 Å². The summed E-state index contributed by atoms with van der Waals surface area (Å²) in [5, 5.41) is 11.7. The molecule has 0 spiro atoms. The lowest BCUT2D eigenvalue weighted by Gasteiger charge is -2.26. The highest BCUT2D eigenvalue weighted by molar-refractivity contribution is 9.10. The van der Waals surface area contributed by atoms with Crippen molar-refractivity contribution in [2.24, 2.45) is 0 Å². The third kappa shape index (κ3) is 8.74. The first-order valence-electron chi connectivity index (χ1n) is 11.8. The molecule has 0 saturated carbocycles. The zero-order valence-corrected chi connectivity index (χ0v) is 22.6. The van der Waals surface area contributed by atoms with Crippen LogP contribution in [0.1, 0.15) is 17.8 Å². The number of ether oxygens (including phenoxy) is 1. The lowest BCUT2D eigenvalue weighted by atomic mass is 10.1. The maximum absolute atomic E-state index is 10.6. The SMILES string of the molecule is Cc1cc(Br)cc2c(NCCCN3CCOCC3)nc(N(C)Cc3ncccn3)nc12.O=C(O)C(F)(F)F. The minimum absolute atomic E-state index is 0.540. The minimum atomic E-state index is -5.08. The Bertz CT molecular complexity index is 1210. The number of aliphatic carboxylic acids is 1. The first-order chi connectivity index (χ1) is 18.0. The quantitative estimate of drug-likeness (QED) is 0.369. The maximum atomic E-state index is 10.6. The van der Waals surface area contributed by atoms with E-state index in [1.54, 1.807) is 12.4 Å². The zero-order valence-electron chi connectivity index (χ0n) is 21.0. The normalized spacial score (nSPS) is 14.1. The molecule has 3 aromatic rings. The zero-order chi connectivity index (χ0) is 27.7. The standard InChI is InChI=1S/C22H28BrN7O.C2HF3O2/c1-16-13-17(23)14-18-20(16)27-22(29(2)15-19-24-5-3-6-25-19)28-21(18)26-7-4-8-30-9-11-31-12-10-30;3-2(4,5)1(6)7/h3,5-6,13-14H,4,7-12,15H2,1-2H3,(H,26,27,28);(H,6,7). The van der Waals surface area contributed by atoms with Gasteiger partial charge in [-0.15, -0.1) is 0 Å². The van der Waals surface area contributed by atoms with Crippen LogP contribution < -0.4 is 10.2 Å². The predicted molar refractivity (Wildman–Crippen MR) is 140 cm³/mol. The van der Waals surface area contributed by atoms with Crippen LogP contribution in [-0.2, 0) is 16.1 Å². The van der Waals surface area contributed by atoms with E-state index in [4.69, 9.17) is 24.6 Å². The summed E-state index contributed by atoms with van der Waals surface area (Å²) in [6.45, 7) is 8.21. The molecular formula is C24H29BrF3N7O3. The van der Waals surface area contributed by atoms with Gasteiger partial charge in [0.05, 0.1) is 25.3 Å². The van der Waals surface area contributed by atoms with E-state index in [1.165, 1.54) is 0 Å². The molecule has 1 aliphatic heterocycles. The van der Waals surface area contributed by atoms with Gasteiger partial charge in [-0.05, 0) is 43.7 Å². The number of nitrogens with zero attached hydrogens (tertiary/aromatic N) is 6. The Morgan fingerprint density at radius 2 is 1.87 bits per heavy atom. The second kappa shape index (κ2) is 13.6. The van der Waals surface area contributed by atoms with Gasteiger partial charge in [-0.25, -0.2) is 19.7 Å². The summed E-state index contributed by atoms with van der Waals surface area (Å²) in [5.74, 6) is -0.512. The molecule has 38 heavy (non-hydrogen) atoms. The number of hydrogen-bond acceptors (Lipinski definition) is 9. The molecule has 1 aromatic carbocycles. The fraction of sp³-hybridized carbons (Fsp3) is 0.458. The number of aryl methyl sites for hydroxylation is 1. The van der Waals surface area contributed by atoms with Crippen molar-refractivity contribution in [2.45, 2.75) is 26.1 Å². The van der Waals surface area contributed by atoms with Gasteiger partial charge in [-0.2, -0.15) is 18.2 Å². The summed E-state index contributed by atoms with van der Waals surface area (Å²) in [6, 6.07) is 5.98. The number of benzene rings is 1. The number of hydrogen-bond donors (Lipinski definition) is 2. The monoisotopic (exact) mass is 599 g/mol. The number of anilines is 2. The van der Waals surface area contributed by atoms with Gasteiger partial charge in [0, 0.05) is 48.9 Å². The largest absolute Gasteiger partial charge is 0.490 e. The lowest BCUT2D eigenvalue weighted by molar-refractivity contribution is -0.192. The smallest absolute Gasteiger partial charge is 0.475 e. The maximum Gasteiger partial charge on any atom is 0.490 e. The highest BCUT2D eigenvalue weighted by Gasteiger charge is 2.38. The molecule has 2 N–H and O–H groups in total. The highest BCUT2D eigenvalue weighted by atomic mass is 79.9. The average molecular weight is 600 g/mol. The Kier molecular flexibility index (Phi) is 10.6. The van der Waals surface area contributed by atoms with Crippen LogP contribution in [0.4, 0.5) is 24.9 Å². The molecule has 0 bridgehead atoms. The van der Waals surface area contributed by atoms with Crippen LogP contribution >= 0.6 is 15.9 Å². The molecule has 0 amide bonds. The number of halogens is 4. The van der Waals surface area contributed by atoms with Crippen molar-refractivity contribution in [3.63, 3.8) is 0 Å². The molecule has 4 rings (SSSR count). The number of rotatable bonds is 8. The number of fused-ring (bicyclic) bond motifs is 1. The van der Waals surface area contributed by atoms with Crippen molar-refractivity contribution in [3.05, 3.63) is 46.5 Å². The molecule has 1 saturated heterocycles. The Morgan fingerprint density at radius 1 is 1.21 bits per heavy atom. The van der Waals surface area contributed by atoms with Crippen molar-refractivity contribution < 1.29 is 27.8 Å². The molecule has 14 heteroatoms. The van der Waals surface area contributed by atoms with Gasteiger partial charge in [0.15, 0.2) is 0 Å². The van der Waals surface area contributed by atoms with Crippen LogP contribution in [0.3, 0.4) is 0 Å². The van der Waals surface area contributed by atoms with E-state index < -0.39 is 12.1 Å². The molecule has 0 aliphatic carbocycles. The van der Waals surface area contributed by atoms with Crippen molar-refractivity contribution in [2.75, 3.05) is 56.7 Å². The second-order valence-electron chi connectivity index (χ2n) is 8.55. The molecule has 0 unspecified atom stereocenters. The first kappa shape index (κ1) is 29.5. The summed E-state index contributed by atoms with van der Waals surface area (Å²) in [7, 11) is 1.97. The van der Waals surface area contributed by atoms with Gasteiger partial charge >= 0.3 is 12.1 Å². The third-order valence-corrected chi connectivity index (χ3v) is 6.03. The van der Waals surface area contributed by atoms with E-state index in [2.05, 4.69) is 55.2 Å². The number of carboxylic acids is 1. The molecule has 2 aromatic heterocycles. The van der Waals surface area contributed by atoms with Crippen molar-refractivity contribution in [1.82, 2.24) is 24.8 Å². The number of morpholine rings is 1. The Balaban J connectivity index is 0.000000505. The molecule has 10 nitrogen and oxygen atoms in total. The average Bonchev–Trinajstić information content (AvgIpc) is 2.87. The molecule has 206 valence electrons. The fourth-order valence-corrected chi connectivity index (χ4v) is 4.26. The minimum Gasteiger partial charge on any atom is -0.475 e. The van der Waals surface area contributed by atoms with Crippen LogP contribution in [-0.4, -0.2) is 88.5 Å². The van der Waals surface area contributed by atoms with E-state index in [-0.39, 0.29) is 0 Å². The number of aromatic nitrogens is 4. The van der Waals surface area contributed by atoms with Crippen molar-refractivity contribution >= 4 is 44.6 Å². The Labute approximate surface area is 226 Å². The van der Waals surface area contributed by atoms with E-state index in [0.717, 1.165) is 78.4 Å². The first-order valence-corrected chi connectivity index (χ1v) is 12.6. The Hall–Kier alpha value is -3.10. The topological polar surface area (TPSA) is 117 Å². The highest BCUT2D eigenvalue weighted by Crippen LogP contribution is 2.29. The lowest BCUT2D eigenvalue weighted by Crippen LogP contribution is -2.37. The van der Waals surface area contributed by atoms with Gasteiger partial charge < -0.3 is 20.1 Å². The second-order valence-corrected chi connectivity index (χ2v) is 9.47. The van der Waals surface area contributed by atoms with Crippen molar-refractivity contribution in [3.8, 4) is 0 Å². The van der Waals surface area contributed by atoms with E-state index >= 15 is 0 Å². The molecular weight excluding hydrogens is 571 g/mol. The van der Waals surface area contributed by atoms with Gasteiger partial charge in [-0.3, -0.25) is 4.90 Å². The molecule has 1 fully saturated rings. The fourth-order valence-electron chi connectivity index (χ4n) is 3.68. The molecule has 3 heterocycles. The van der Waals surface area contributed by atoms with E-state index in [0.29, 0.717) is 12.5 Å². The van der Waals surface area contributed by atoms with Crippen LogP contribution in [0.15, 0.2) is 35.1 Å². The van der Waals surface area contributed by atoms with Gasteiger partial charge in [0.1, 0.15) is 11.6 Å². The Morgan fingerprint density at radius 3 is 2.50 bits per heavy atom. The summed E-state index contributed by atoms with van der Waals surface area (Å²) >= 11 is 3.61. The van der Waals surface area contributed by atoms with Gasteiger partial charge in [0.2, 0.25) is 5.95 Å². The van der Waals surface area contributed by atoms with Gasteiger partial charge in [0.25, 0.3) is 0 Å². The number of alkyl halides is 3. The number of carbonyl (C=O) groups is 1. The molecule has 1 aliphatic rings. The summed E-state index contributed by atoms with van der Waals surface area (Å²) in [5.41, 5.74) is 2.05. The molecule has 0 atom stereocenters. The van der Waals surface area contributed by atoms with Crippen LogP contribution in [0, 0.1) is 6.92 Å². The van der Waals surface area contributed by atoms with Crippen molar-refractivity contribution in [1.29, 1.82) is 0 Å². The van der Waals surface area contributed by atoms with E-state index in [1.807, 2.05) is 18.0 Å². The summed E-state index contributed by atoms with van der Waals surface area (Å²) in [4.78, 5) is 31.7. The number of nitrogens with one attached hydrogen (secondary N) is 1. The van der Waals surface area contributed by atoms with E-state index in [9.17, 15) is 13.2 Å². The molecule has 0 radical (unpaired) electrons. The van der Waals surface area contributed by atoms with Crippen LogP contribution in [0.5, 0.6) is 0 Å². The third-order valence-electron chi connectivity index (χ3n) is 5.57. The van der Waals surface area contributed by atoms with Crippen LogP contribution in [0.25, 0.3) is 10.9 Å². The predicted octanol–water partition coefficient (Wildman–Crippen LogP) is 3.89. The summed E-state index contributed by atoms with van der Waals surface area (Å²) in [6.07, 6.45) is -0.539.